The van der Waals surface area contributed by atoms with Crippen LogP contribution < -0.4 is 10.6 Å². The first kappa shape index (κ1) is 17.2. The highest BCUT2D eigenvalue weighted by Gasteiger charge is 2.41. The fourth-order valence-electron chi connectivity index (χ4n) is 4.09. The zero-order valence-electron chi connectivity index (χ0n) is 15.0. The predicted octanol–water partition coefficient (Wildman–Crippen LogP) is 1.38. The SMILES string of the molecule is O=C(Cc1noc(C2(n3cccn3)CCNCC2)n1)NC1CCCCC1. The molecule has 1 aliphatic heterocycles. The molecule has 2 aliphatic rings. The van der Waals surface area contributed by atoms with E-state index in [-0.39, 0.29) is 12.3 Å². The lowest BCUT2D eigenvalue weighted by atomic mass is 9.88. The Balaban J connectivity index is 1.46. The Morgan fingerprint density at radius 1 is 1.31 bits per heavy atom. The van der Waals surface area contributed by atoms with Crippen LogP contribution in [0.3, 0.4) is 0 Å². The van der Waals surface area contributed by atoms with E-state index >= 15 is 0 Å². The Morgan fingerprint density at radius 2 is 2.12 bits per heavy atom. The van der Waals surface area contributed by atoms with Gasteiger partial charge >= 0.3 is 0 Å². The average Bonchev–Trinajstić information content (AvgIpc) is 3.35. The van der Waals surface area contributed by atoms with E-state index in [4.69, 9.17) is 4.52 Å². The molecule has 2 aromatic rings. The highest BCUT2D eigenvalue weighted by molar-refractivity contribution is 5.78. The number of hydrogen-bond acceptors (Lipinski definition) is 6. The molecule has 0 bridgehead atoms. The maximum Gasteiger partial charge on any atom is 0.254 e. The van der Waals surface area contributed by atoms with Crippen LogP contribution in [0.2, 0.25) is 0 Å². The Hall–Kier alpha value is -2.22. The van der Waals surface area contributed by atoms with E-state index in [1.807, 2.05) is 16.9 Å². The molecule has 4 rings (SSSR count). The minimum atomic E-state index is -0.431. The van der Waals surface area contributed by atoms with Crippen LogP contribution in [0.15, 0.2) is 23.0 Å². The Kier molecular flexibility index (Phi) is 5.01. The van der Waals surface area contributed by atoms with Gasteiger partial charge in [-0.05, 0) is 44.8 Å². The molecule has 2 aromatic heterocycles. The molecule has 1 aliphatic carbocycles. The number of aromatic nitrogens is 4. The topological polar surface area (TPSA) is 97.9 Å². The maximum atomic E-state index is 12.3. The van der Waals surface area contributed by atoms with Gasteiger partial charge in [0, 0.05) is 18.4 Å². The van der Waals surface area contributed by atoms with Gasteiger partial charge in [0.1, 0.15) is 5.54 Å². The Morgan fingerprint density at radius 3 is 2.85 bits per heavy atom. The van der Waals surface area contributed by atoms with Crippen molar-refractivity contribution < 1.29 is 9.32 Å². The smallest absolute Gasteiger partial charge is 0.254 e. The first-order chi connectivity index (χ1) is 12.8. The van der Waals surface area contributed by atoms with E-state index in [1.54, 1.807) is 6.20 Å². The van der Waals surface area contributed by atoms with Crippen molar-refractivity contribution >= 4 is 5.91 Å². The Bertz CT molecular complexity index is 714. The highest BCUT2D eigenvalue weighted by Crippen LogP contribution is 2.33. The van der Waals surface area contributed by atoms with Crippen LogP contribution >= 0.6 is 0 Å². The summed E-state index contributed by atoms with van der Waals surface area (Å²) in [6.45, 7) is 1.72. The fourth-order valence-corrected chi connectivity index (χ4v) is 4.09. The molecule has 140 valence electrons. The van der Waals surface area contributed by atoms with Gasteiger partial charge < -0.3 is 15.2 Å². The van der Waals surface area contributed by atoms with Crippen molar-refractivity contribution in [3.05, 3.63) is 30.2 Å². The van der Waals surface area contributed by atoms with Crippen LogP contribution in [0.5, 0.6) is 0 Å². The highest BCUT2D eigenvalue weighted by atomic mass is 16.5. The van der Waals surface area contributed by atoms with E-state index in [2.05, 4.69) is 25.9 Å². The fraction of sp³-hybridized carbons (Fsp3) is 0.667. The monoisotopic (exact) mass is 358 g/mol. The molecule has 0 spiro atoms. The second kappa shape index (κ2) is 7.57. The van der Waals surface area contributed by atoms with Crippen LogP contribution in [-0.2, 0) is 16.8 Å². The van der Waals surface area contributed by atoms with Gasteiger partial charge in [0.15, 0.2) is 5.82 Å². The van der Waals surface area contributed by atoms with Gasteiger partial charge in [0.25, 0.3) is 5.89 Å². The van der Waals surface area contributed by atoms with E-state index < -0.39 is 5.54 Å². The number of carbonyl (C=O) groups is 1. The van der Waals surface area contributed by atoms with Crippen LogP contribution in [0.4, 0.5) is 0 Å². The van der Waals surface area contributed by atoms with E-state index in [0.717, 1.165) is 38.8 Å². The van der Waals surface area contributed by atoms with Gasteiger partial charge in [-0.25, -0.2) is 0 Å². The zero-order valence-corrected chi connectivity index (χ0v) is 15.0. The lowest BCUT2D eigenvalue weighted by Crippen LogP contribution is -2.45. The van der Waals surface area contributed by atoms with Crippen LogP contribution in [0, 0.1) is 0 Å². The van der Waals surface area contributed by atoms with Gasteiger partial charge in [-0.15, -0.1) is 0 Å². The molecular weight excluding hydrogens is 332 g/mol. The molecule has 1 amide bonds. The number of nitrogens with one attached hydrogen (secondary N) is 2. The van der Waals surface area contributed by atoms with Crippen molar-refractivity contribution in [3.63, 3.8) is 0 Å². The third-order valence-corrected chi connectivity index (χ3v) is 5.53. The summed E-state index contributed by atoms with van der Waals surface area (Å²) in [6.07, 6.45) is 11.3. The molecule has 0 radical (unpaired) electrons. The first-order valence-electron chi connectivity index (χ1n) is 9.59. The van der Waals surface area contributed by atoms with Crippen molar-refractivity contribution in [2.75, 3.05) is 13.1 Å². The summed E-state index contributed by atoms with van der Waals surface area (Å²) < 4.78 is 7.50. The average molecular weight is 358 g/mol. The second-order valence-corrected chi connectivity index (χ2v) is 7.33. The van der Waals surface area contributed by atoms with Gasteiger partial charge in [-0.3, -0.25) is 9.48 Å². The Labute approximate surface area is 152 Å². The molecule has 0 aromatic carbocycles. The standard InChI is InChI=1S/C18H26N6O2/c25-16(21-14-5-2-1-3-6-14)13-15-22-17(26-23-15)18(7-10-19-11-8-18)24-12-4-9-20-24/h4,9,12,14,19H,1-3,5-8,10-11,13H2,(H,21,25). The number of rotatable bonds is 5. The number of piperidine rings is 1. The molecule has 2 N–H and O–H groups in total. The molecule has 2 fully saturated rings. The zero-order chi connectivity index (χ0) is 17.8. The summed E-state index contributed by atoms with van der Waals surface area (Å²) in [6, 6.07) is 2.20. The molecule has 1 saturated heterocycles. The van der Waals surface area contributed by atoms with Crippen molar-refractivity contribution in [1.29, 1.82) is 0 Å². The first-order valence-corrected chi connectivity index (χ1v) is 9.59. The lowest BCUT2D eigenvalue weighted by Gasteiger charge is -2.34. The molecule has 1 saturated carbocycles. The van der Waals surface area contributed by atoms with Crippen molar-refractivity contribution in [3.8, 4) is 0 Å². The molecule has 3 heterocycles. The normalized spacial score (nSPS) is 20.8. The molecule has 26 heavy (non-hydrogen) atoms. The lowest BCUT2D eigenvalue weighted by molar-refractivity contribution is -0.121. The second-order valence-electron chi connectivity index (χ2n) is 7.33. The number of carbonyl (C=O) groups excluding carboxylic acids is 1. The number of hydrogen-bond donors (Lipinski definition) is 2. The van der Waals surface area contributed by atoms with E-state index in [0.29, 0.717) is 17.8 Å². The predicted molar refractivity (Wildman–Crippen MR) is 94.4 cm³/mol. The van der Waals surface area contributed by atoms with E-state index in [1.165, 1.54) is 19.3 Å². The number of nitrogens with zero attached hydrogens (tertiary/aromatic N) is 4. The summed E-state index contributed by atoms with van der Waals surface area (Å²) in [5.74, 6) is 0.962. The minimum absolute atomic E-state index is 0.0253. The van der Waals surface area contributed by atoms with Gasteiger partial charge in [0.2, 0.25) is 5.91 Å². The quantitative estimate of drug-likeness (QED) is 0.838. The summed E-state index contributed by atoms with van der Waals surface area (Å²) >= 11 is 0. The summed E-state index contributed by atoms with van der Waals surface area (Å²) in [5.41, 5.74) is -0.431. The summed E-state index contributed by atoms with van der Waals surface area (Å²) in [4.78, 5) is 16.9. The third kappa shape index (κ3) is 3.51. The minimum Gasteiger partial charge on any atom is -0.353 e. The van der Waals surface area contributed by atoms with Gasteiger partial charge in [-0.1, -0.05) is 24.4 Å². The number of amides is 1. The summed E-state index contributed by atoms with van der Waals surface area (Å²) in [5, 5.41) is 15.0. The maximum absolute atomic E-state index is 12.3. The molecule has 8 nitrogen and oxygen atoms in total. The summed E-state index contributed by atoms with van der Waals surface area (Å²) in [7, 11) is 0. The molecule has 0 atom stereocenters. The van der Waals surface area contributed by atoms with Crippen molar-refractivity contribution in [2.45, 2.75) is 62.9 Å². The van der Waals surface area contributed by atoms with Crippen molar-refractivity contribution in [2.24, 2.45) is 0 Å². The van der Waals surface area contributed by atoms with Gasteiger partial charge in [0.05, 0.1) is 6.42 Å². The third-order valence-electron chi connectivity index (χ3n) is 5.53. The molecular formula is C18H26N6O2. The van der Waals surface area contributed by atoms with Crippen LogP contribution in [-0.4, -0.2) is 45.0 Å². The van der Waals surface area contributed by atoms with E-state index in [9.17, 15) is 4.79 Å². The molecule has 0 unspecified atom stereocenters. The van der Waals surface area contributed by atoms with Crippen molar-refractivity contribution in [1.82, 2.24) is 30.6 Å². The van der Waals surface area contributed by atoms with Gasteiger partial charge in [-0.2, -0.15) is 10.1 Å². The van der Waals surface area contributed by atoms with Crippen LogP contribution in [0.25, 0.3) is 0 Å². The van der Waals surface area contributed by atoms with Crippen LogP contribution in [0.1, 0.15) is 56.7 Å². The largest absolute Gasteiger partial charge is 0.353 e. The molecule has 8 heteroatoms.